The fourth-order valence-corrected chi connectivity index (χ4v) is 5.06. The van der Waals surface area contributed by atoms with Crippen molar-refractivity contribution in [3.8, 4) is 22.6 Å². The summed E-state index contributed by atoms with van der Waals surface area (Å²) in [6, 6.07) is 22.0. The van der Waals surface area contributed by atoms with Gasteiger partial charge in [-0.05, 0) is 47.2 Å². The number of carbonyl (C=O) groups is 1. The van der Waals surface area contributed by atoms with Crippen molar-refractivity contribution < 1.29 is 19.4 Å². The van der Waals surface area contributed by atoms with Crippen LogP contribution in [0.4, 0.5) is 0 Å². The van der Waals surface area contributed by atoms with E-state index in [1.165, 1.54) is 26.8 Å². The molecule has 0 saturated carbocycles. The molecule has 4 nitrogen and oxygen atoms in total. The molecular formula is C28H28O4S. The Labute approximate surface area is 198 Å². The van der Waals surface area contributed by atoms with E-state index in [9.17, 15) is 4.79 Å². The Hall–Kier alpha value is -3.31. The highest BCUT2D eigenvalue weighted by Gasteiger charge is 2.14. The predicted molar refractivity (Wildman–Crippen MR) is 135 cm³/mol. The highest BCUT2D eigenvalue weighted by molar-refractivity contribution is 7.18. The van der Waals surface area contributed by atoms with E-state index in [-0.39, 0.29) is 6.42 Å². The van der Waals surface area contributed by atoms with Gasteiger partial charge in [0.2, 0.25) is 0 Å². The molecule has 1 heterocycles. The minimum atomic E-state index is -0.833. The Bertz CT molecular complexity index is 1200. The van der Waals surface area contributed by atoms with E-state index < -0.39 is 5.97 Å². The van der Waals surface area contributed by atoms with E-state index in [0.717, 1.165) is 36.3 Å². The summed E-state index contributed by atoms with van der Waals surface area (Å²) in [4.78, 5) is 10.8. The highest BCUT2D eigenvalue weighted by Crippen LogP contribution is 2.39. The molecule has 0 radical (unpaired) electrons. The van der Waals surface area contributed by atoms with Gasteiger partial charge in [-0.3, -0.25) is 4.79 Å². The third kappa shape index (κ3) is 5.74. The van der Waals surface area contributed by atoms with Crippen molar-refractivity contribution in [1.29, 1.82) is 0 Å². The second-order valence-electron chi connectivity index (χ2n) is 7.95. The standard InChI is InChI=1S/C28H28O4S/c1-2-7-24-26(15-14-23-25(19-33-28(23)24)21-8-4-3-5-9-21)32-17-6-16-31-22-12-10-20(11-13-22)18-27(29)30/h3-5,8-15,19H,2,6-7,16-18H2,1H3,(H,29,30). The van der Waals surface area contributed by atoms with E-state index in [0.29, 0.717) is 13.2 Å². The first kappa shape index (κ1) is 22.9. The number of aliphatic carboxylic acids is 1. The molecule has 170 valence electrons. The summed E-state index contributed by atoms with van der Waals surface area (Å²) in [5.74, 6) is 0.869. The van der Waals surface area contributed by atoms with Gasteiger partial charge in [-0.1, -0.05) is 55.8 Å². The summed E-state index contributed by atoms with van der Waals surface area (Å²) < 4.78 is 13.3. The Kier molecular flexibility index (Phi) is 7.63. The van der Waals surface area contributed by atoms with Gasteiger partial charge >= 0.3 is 5.97 Å². The summed E-state index contributed by atoms with van der Waals surface area (Å²) in [6.07, 6.45) is 2.84. The Balaban J connectivity index is 1.37. The van der Waals surface area contributed by atoms with Crippen LogP contribution in [0.15, 0.2) is 72.1 Å². The lowest BCUT2D eigenvalue weighted by molar-refractivity contribution is -0.136. The SMILES string of the molecule is CCCc1c(OCCCOc2ccc(CC(=O)O)cc2)ccc2c(-c3ccccc3)csc12. The molecule has 5 heteroatoms. The zero-order valence-electron chi connectivity index (χ0n) is 18.8. The quantitative estimate of drug-likeness (QED) is 0.245. The van der Waals surface area contributed by atoms with Crippen molar-refractivity contribution in [3.05, 3.63) is 83.2 Å². The molecule has 0 spiro atoms. The third-order valence-electron chi connectivity index (χ3n) is 5.48. The van der Waals surface area contributed by atoms with Crippen LogP contribution in [0.1, 0.15) is 30.9 Å². The number of rotatable bonds is 11. The van der Waals surface area contributed by atoms with Crippen LogP contribution in [0.5, 0.6) is 11.5 Å². The average Bonchev–Trinajstić information content (AvgIpc) is 3.26. The molecule has 1 aromatic heterocycles. The van der Waals surface area contributed by atoms with Crippen LogP contribution in [0.3, 0.4) is 0 Å². The highest BCUT2D eigenvalue weighted by atomic mass is 32.1. The summed E-state index contributed by atoms with van der Waals surface area (Å²) in [7, 11) is 0. The molecule has 0 atom stereocenters. The van der Waals surface area contributed by atoms with E-state index >= 15 is 0 Å². The second-order valence-corrected chi connectivity index (χ2v) is 8.83. The minimum absolute atomic E-state index is 0.0235. The number of fused-ring (bicyclic) bond motifs is 1. The molecule has 3 aromatic carbocycles. The number of aryl methyl sites for hydroxylation is 1. The van der Waals surface area contributed by atoms with Crippen molar-refractivity contribution in [2.24, 2.45) is 0 Å². The van der Waals surface area contributed by atoms with Gasteiger partial charge in [0.25, 0.3) is 0 Å². The third-order valence-corrected chi connectivity index (χ3v) is 6.54. The Morgan fingerprint density at radius 3 is 2.42 bits per heavy atom. The lowest BCUT2D eigenvalue weighted by Crippen LogP contribution is -2.06. The molecule has 0 aliphatic heterocycles. The molecule has 1 N–H and O–H groups in total. The smallest absolute Gasteiger partial charge is 0.307 e. The maximum Gasteiger partial charge on any atom is 0.307 e. The van der Waals surface area contributed by atoms with Crippen LogP contribution < -0.4 is 9.47 Å². The van der Waals surface area contributed by atoms with Crippen molar-refractivity contribution >= 4 is 27.4 Å². The van der Waals surface area contributed by atoms with Gasteiger partial charge in [0.1, 0.15) is 11.5 Å². The Morgan fingerprint density at radius 2 is 1.70 bits per heavy atom. The lowest BCUT2D eigenvalue weighted by atomic mass is 10.0. The summed E-state index contributed by atoms with van der Waals surface area (Å²) in [5.41, 5.74) is 4.58. The number of benzene rings is 3. The number of hydrogen-bond donors (Lipinski definition) is 1. The van der Waals surface area contributed by atoms with Gasteiger partial charge in [0, 0.05) is 27.6 Å². The molecule has 0 saturated heterocycles. The first-order valence-corrected chi connectivity index (χ1v) is 12.2. The number of hydrogen-bond acceptors (Lipinski definition) is 4. The minimum Gasteiger partial charge on any atom is -0.493 e. The van der Waals surface area contributed by atoms with E-state index in [1.807, 2.05) is 18.2 Å². The molecule has 0 fully saturated rings. The number of thiophene rings is 1. The molecular weight excluding hydrogens is 432 g/mol. The van der Waals surface area contributed by atoms with Crippen LogP contribution >= 0.6 is 11.3 Å². The largest absolute Gasteiger partial charge is 0.493 e. The molecule has 0 aliphatic rings. The lowest BCUT2D eigenvalue weighted by Gasteiger charge is -2.13. The molecule has 0 aliphatic carbocycles. The first-order valence-electron chi connectivity index (χ1n) is 11.3. The van der Waals surface area contributed by atoms with Crippen molar-refractivity contribution in [3.63, 3.8) is 0 Å². The van der Waals surface area contributed by atoms with Crippen LogP contribution in [0, 0.1) is 0 Å². The zero-order chi connectivity index (χ0) is 23.0. The van der Waals surface area contributed by atoms with E-state index in [2.05, 4.69) is 48.7 Å². The maximum atomic E-state index is 10.8. The van der Waals surface area contributed by atoms with E-state index in [4.69, 9.17) is 14.6 Å². The summed E-state index contributed by atoms with van der Waals surface area (Å²) in [5, 5.41) is 12.4. The first-order chi connectivity index (χ1) is 16.2. The van der Waals surface area contributed by atoms with Crippen LogP contribution in [0.2, 0.25) is 0 Å². The summed E-state index contributed by atoms with van der Waals surface area (Å²) >= 11 is 1.79. The number of carboxylic acids is 1. The van der Waals surface area contributed by atoms with Crippen molar-refractivity contribution in [2.75, 3.05) is 13.2 Å². The van der Waals surface area contributed by atoms with Gasteiger partial charge in [-0.15, -0.1) is 11.3 Å². The fourth-order valence-electron chi connectivity index (χ4n) is 3.91. The number of ether oxygens (including phenoxy) is 2. The normalized spacial score (nSPS) is 10.9. The van der Waals surface area contributed by atoms with E-state index in [1.54, 1.807) is 23.5 Å². The van der Waals surface area contributed by atoms with Gasteiger partial charge < -0.3 is 14.6 Å². The molecule has 4 aromatic rings. The number of carboxylic acid groups (broad SMARTS) is 1. The van der Waals surface area contributed by atoms with Crippen LogP contribution in [0.25, 0.3) is 21.2 Å². The molecule has 33 heavy (non-hydrogen) atoms. The van der Waals surface area contributed by atoms with Gasteiger partial charge in [-0.2, -0.15) is 0 Å². The maximum absolute atomic E-state index is 10.8. The zero-order valence-corrected chi connectivity index (χ0v) is 19.6. The molecule has 0 bridgehead atoms. The van der Waals surface area contributed by atoms with Gasteiger partial charge in [-0.25, -0.2) is 0 Å². The predicted octanol–water partition coefficient (Wildman–Crippen LogP) is 7.00. The van der Waals surface area contributed by atoms with Crippen molar-refractivity contribution in [1.82, 2.24) is 0 Å². The average molecular weight is 461 g/mol. The topological polar surface area (TPSA) is 55.8 Å². The fraction of sp³-hybridized carbons (Fsp3) is 0.250. The second kappa shape index (κ2) is 11.0. The van der Waals surface area contributed by atoms with Gasteiger partial charge in [0.15, 0.2) is 0 Å². The van der Waals surface area contributed by atoms with Crippen LogP contribution in [-0.2, 0) is 17.6 Å². The molecule has 0 unspecified atom stereocenters. The van der Waals surface area contributed by atoms with Crippen LogP contribution in [-0.4, -0.2) is 24.3 Å². The Morgan fingerprint density at radius 1 is 0.939 bits per heavy atom. The monoisotopic (exact) mass is 460 g/mol. The molecule has 4 rings (SSSR count). The summed E-state index contributed by atoms with van der Waals surface area (Å²) in [6.45, 7) is 3.32. The van der Waals surface area contributed by atoms with Gasteiger partial charge in [0.05, 0.1) is 19.6 Å². The molecule has 0 amide bonds. The van der Waals surface area contributed by atoms with Crippen molar-refractivity contribution in [2.45, 2.75) is 32.6 Å².